The third-order valence-corrected chi connectivity index (χ3v) is 5.95. The lowest BCUT2D eigenvalue weighted by Crippen LogP contribution is -2.51. The van der Waals surface area contributed by atoms with Crippen LogP contribution in [0.4, 0.5) is 0 Å². The molecule has 158 valence electrons. The quantitative estimate of drug-likeness (QED) is 0.535. The number of carboxylic acids is 1. The maximum Gasteiger partial charge on any atom is 0.320 e. The lowest BCUT2D eigenvalue weighted by Gasteiger charge is -2.36. The number of carboxylic acid groups (broad SMARTS) is 1. The predicted octanol–water partition coefficient (Wildman–Crippen LogP) is 4.35. The zero-order valence-corrected chi connectivity index (χ0v) is 17.4. The van der Waals surface area contributed by atoms with Crippen molar-refractivity contribution in [2.45, 2.75) is 30.8 Å². The minimum absolute atomic E-state index is 0.188. The second-order valence-electron chi connectivity index (χ2n) is 7.71. The van der Waals surface area contributed by atoms with E-state index in [0.29, 0.717) is 12.8 Å². The zero-order chi connectivity index (χ0) is 21.8. The van der Waals surface area contributed by atoms with Crippen molar-refractivity contribution < 1.29 is 19.4 Å². The van der Waals surface area contributed by atoms with Gasteiger partial charge >= 0.3 is 11.9 Å². The van der Waals surface area contributed by atoms with E-state index in [4.69, 9.17) is 4.74 Å². The van der Waals surface area contributed by atoms with Gasteiger partial charge in [-0.25, -0.2) is 0 Å². The number of hydrogen-bond acceptors (Lipinski definition) is 4. The minimum Gasteiger partial charge on any atom is -0.480 e. The van der Waals surface area contributed by atoms with Crippen LogP contribution in [0.2, 0.25) is 0 Å². The van der Waals surface area contributed by atoms with Gasteiger partial charge in [-0.15, -0.1) is 0 Å². The van der Waals surface area contributed by atoms with Crippen molar-refractivity contribution in [1.29, 1.82) is 0 Å². The third-order valence-electron chi connectivity index (χ3n) is 5.95. The van der Waals surface area contributed by atoms with E-state index in [1.807, 2.05) is 54.6 Å². The van der Waals surface area contributed by atoms with E-state index >= 15 is 0 Å². The Balaban J connectivity index is 1.82. The minimum atomic E-state index is -0.943. The molecular formula is C26H25NO4. The number of ether oxygens (including phenoxy) is 1. The fraction of sp³-hybridized carbons (Fsp3) is 0.231. The van der Waals surface area contributed by atoms with Crippen molar-refractivity contribution in [3.63, 3.8) is 0 Å². The molecule has 31 heavy (non-hydrogen) atoms. The number of rotatable bonds is 8. The van der Waals surface area contributed by atoms with Gasteiger partial charge < -0.3 is 9.84 Å². The molecule has 4 rings (SSSR count). The number of aliphatic carboxylic acids is 1. The molecule has 0 aliphatic heterocycles. The lowest BCUT2D eigenvalue weighted by molar-refractivity contribution is -0.142. The summed E-state index contributed by atoms with van der Waals surface area (Å²) >= 11 is 0. The van der Waals surface area contributed by atoms with Crippen LogP contribution in [0.15, 0.2) is 78.9 Å². The van der Waals surface area contributed by atoms with Crippen molar-refractivity contribution in [3.05, 3.63) is 95.6 Å². The number of benzene rings is 3. The molecule has 1 aliphatic rings. The van der Waals surface area contributed by atoms with Gasteiger partial charge in [-0.2, -0.15) is 0 Å². The number of fused-ring (bicyclic) bond motifs is 3. The van der Waals surface area contributed by atoms with Gasteiger partial charge in [0.2, 0.25) is 0 Å². The van der Waals surface area contributed by atoms with Gasteiger partial charge in [0.05, 0.1) is 12.6 Å². The van der Waals surface area contributed by atoms with Crippen molar-refractivity contribution in [2.24, 2.45) is 0 Å². The number of nitrogens with one attached hydrogen (secondary N) is 1. The Morgan fingerprint density at radius 2 is 1.45 bits per heavy atom. The molecule has 0 unspecified atom stereocenters. The topological polar surface area (TPSA) is 75.6 Å². The number of hydrogen-bond donors (Lipinski definition) is 2. The fourth-order valence-corrected chi connectivity index (χ4v) is 4.54. The number of carbonyl (C=O) groups excluding carboxylic acids is 1. The average Bonchev–Trinajstić information content (AvgIpc) is 3.09. The SMILES string of the molecule is COC(=O)CCC[C@H](NC1(c2ccccc2)c2ccccc2-c2ccccc21)C(=O)O. The van der Waals surface area contributed by atoms with Crippen LogP contribution in [0.3, 0.4) is 0 Å². The zero-order valence-electron chi connectivity index (χ0n) is 17.4. The van der Waals surface area contributed by atoms with E-state index in [-0.39, 0.29) is 12.4 Å². The van der Waals surface area contributed by atoms with Gasteiger partial charge in [0.1, 0.15) is 6.04 Å². The maximum absolute atomic E-state index is 12.3. The van der Waals surface area contributed by atoms with E-state index in [9.17, 15) is 14.7 Å². The summed E-state index contributed by atoms with van der Waals surface area (Å²) in [5.74, 6) is -1.28. The Bertz CT molecular complexity index is 1050. The van der Waals surface area contributed by atoms with Crippen molar-refractivity contribution in [2.75, 3.05) is 7.11 Å². The molecule has 0 amide bonds. The molecule has 0 saturated heterocycles. The summed E-state index contributed by atoms with van der Waals surface area (Å²) in [6, 6.07) is 25.3. The summed E-state index contributed by atoms with van der Waals surface area (Å²) in [5, 5.41) is 13.5. The molecule has 0 aromatic heterocycles. The third kappa shape index (κ3) is 3.73. The Hall–Kier alpha value is -3.44. The maximum atomic E-state index is 12.3. The molecule has 0 bridgehead atoms. The summed E-state index contributed by atoms with van der Waals surface area (Å²) in [7, 11) is 1.34. The fourth-order valence-electron chi connectivity index (χ4n) is 4.54. The summed E-state index contributed by atoms with van der Waals surface area (Å²) in [4.78, 5) is 23.8. The standard InChI is InChI=1S/C26H25NO4/c1-31-24(28)17-9-16-23(25(29)30)27-26(18-10-3-2-4-11-18)21-14-7-5-12-19(21)20-13-6-8-15-22(20)26/h2-8,10-15,23,27H,9,16-17H2,1H3,(H,29,30)/t23-/m0/s1. The molecule has 0 heterocycles. The van der Waals surface area contributed by atoms with E-state index in [1.165, 1.54) is 7.11 Å². The van der Waals surface area contributed by atoms with Crippen molar-refractivity contribution in [1.82, 2.24) is 5.32 Å². The first kappa shape index (κ1) is 20.8. The lowest BCUT2D eigenvalue weighted by atomic mass is 9.79. The van der Waals surface area contributed by atoms with E-state index in [1.54, 1.807) is 0 Å². The summed E-state index contributed by atoms with van der Waals surface area (Å²) < 4.78 is 4.70. The first-order valence-electron chi connectivity index (χ1n) is 10.4. The molecule has 5 heteroatoms. The van der Waals surface area contributed by atoms with E-state index < -0.39 is 17.6 Å². The summed E-state index contributed by atoms with van der Waals surface area (Å²) in [5.41, 5.74) is 4.42. The highest BCUT2D eigenvalue weighted by Gasteiger charge is 2.46. The highest BCUT2D eigenvalue weighted by atomic mass is 16.5. The largest absolute Gasteiger partial charge is 0.480 e. The van der Waals surface area contributed by atoms with Gasteiger partial charge in [-0.1, -0.05) is 78.9 Å². The monoisotopic (exact) mass is 415 g/mol. The van der Waals surface area contributed by atoms with Gasteiger partial charge in [0.15, 0.2) is 0 Å². The molecule has 3 aromatic rings. The Morgan fingerprint density at radius 1 is 0.903 bits per heavy atom. The second-order valence-corrected chi connectivity index (χ2v) is 7.71. The Kier molecular flexibility index (Phi) is 5.87. The van der Waals surface area contributed by atoms with Gasteiger partial charge in [-0.3, -0.25) is 14.9 Å². The molecular weight excluding hydrogens is 390 g/mol. The van der Waals surface area contributed by atoms with Crippen LogP contribution in [0.25, 0.3) is 11.1 Å². The molecule has 0 spiro atoms. The van der Waals surface area contributed by atoms with Gasteiger partial charge in [0.25, 0.3) is 0 Å². The van der Waals surface area contributed by atoms with Crippen LogP contribution in [0, 0.1) is 0 Å². The van der Waals surface area contributed by atoms with Crippen LogP contribution in [0.1, 0.15) is 36.0 Å². The van der Waals surface area contributed by atoms with Gasteiger partial charge in [-0.05, 0) is 40.7 Å². The smallest absolute Gasteiger partial charge is 0.320 e. The normalized spacial score (nSPS) is 14.4. The van der Waals surface area contributed by atoms with Crippen molar-refractivity contribution in [3.8, 4) is 11.1 Å². The molecule has 1 atom stereocenters. The molecule has 5 nitrogen and oxygen atoms in total. The molecule has 3 aromatic carbocycles. The number of carbonyl (C=O) groups is 2. The van der Waals surface area contributed by atoms with Crippen LogP contribution < -0.4 is 5.32 Å². The van der Waals surface area contributed by atoms with Gasteiger partial charge in [0, 0.05) is 6.42 Å². The highest BCUT2D eigenvalue weighted by Crippen LogP contribution is 2.51. The number of methoxy groups -OCH3 is 1. The second kappa shape index (κ2) is 8.74. The first-order chi connectivity index (χ1) is 15.1. The van der Waals surface area contributed by atoms with Crippen LogP contribution in [-0.2, 0) is 19.9 Å². The van der Waals surface area contributed by atoms with E-state index in [2.05, 4.69) is 29.6 Å². The van der Waals surface area contributed by atoms with E-state index in [0.717, 1.165) is 27.8 Å². The molecule has 0 saturated carbocycles. The Labute approximate surface area is 181 Å². The van der Waals surface area contributed by atoms with Crippen LogP contribution >= 0.6 is 0 Å². The summed E-state index contributed by atoms with van der Waals surface area (Å²) in [6.45, 7) is 0. The predicted molar refractivity (Wildman–Crippen MR) is 119 cm³/mol. The number of esters is 1. The van der Waals surface area contributed by atoms with Crippen LogP contribution in [0.5, 0.6) is 0 Å². The molecule has 2 N–H and O–H groups in total. The van der Waals surface area contributed by atoms with Crippen molar-refractivity contribution >= 4 is 11.9 Å². The summed E-state index contributed by atoms with van der Waals surface area (Å²) in [6.07, 6.45) is 0.918. The molecule has 1 aliphatic carbocycles. The molecule has 0 fully saturated rings. The Morgan fingerprint density at radius 3 is 2.00 bits per heavy atom. The average molecular weight is 415 g/mol. The highest BCUT2D eigenvalue weighted by molar-refractivity contribution is 5.84. The molecule has 0 radical (unpaired) electrons. The van der Waals surface area contributed by atoms with Crippen LogP contribution in [-0.4, -0.2) is 30.2 Å². The first-order valence-corrected chi connectivity index (χ1v) is 10.4.